The number of carbonyl (C=O) groups is 1. The molecule has 1 saturated heterocycles. The van der Waals surface area contributed by atoms with Crippen molar-refractivity contribution in [1.82, 2.24) is 15.2 Å². The molecular weight excluding hydrogens is 214 g/mol. The van der Waals surface area contributed by atoms with Crippen LogP contribution in [-0.2, 0) is 18.4 Å². The third-order valence-corrected chi connectivity index (χ3v) is 3.59. The zero-order valence-corrected chi connectivity index (χ0v) is 10.6. The summed E-state index contributed by atoms with van der Waals surface area (Å²) in [4.78, 5) is 11.9. The molecule has 2 heterocycles. The molecule has 0 bridgehead atoms. The van der Waals surface area contributed by atoms with Crippen LogP contribution in [0.3, 0.4) is 0 Å². The first-order chi connectivity index (χ1) is 8.18. The molecule has 0 saturated carbocycles. The van der Waals surface area contributed by atoms with E-state index in [1.165, 1.54) is 5.69 Å². The fourth-order valence-electron chi connectivity index (χ4n) is 2.24. The SMILES string of the molecule is Cc1ccc(CNC(=O)C2CCCNC2)n1C. The number of nitrogens with zero attached hydrogens (tertiary/aromatic N) is 1. The number of rotatable bonds is 3. The van der Waals surface area contributed by atoms with Crippen molar-refractivity contribution in [3.63, 3.8) is 0 Å². The fourth-order valence-corrected chi connectivity index (χ4v) is 2.24. The summed E-state index contributed by atoms with van der Waals surface area (Å²) < 4.78 is 2.11. The third-order valence-electron chi connectivity index (χ3n) is 3.59. The van der Waals surface area contributed by atoms with Gasteiger partial charge in [-0.15, -0.1) is 0 Å². The van der Waals surface area contributed by atoms with E-state index in [1.807, 2.05) is 7.05 Å². The molecule has 0 aromatic carbocycles. The van der Waals surface area contributed by atoms with Gasteiger partial charge in [0, 0.05) is 25.0 Å². The number of nitrogens with one attached hydrogen (secondary N) is 2. The van der Waals surface area contributed by atoms with Crippen molar-refractivity contribution in [3.8, 4) is 0 Å². The van der Waals surface area contributed by atoms with Crippen LogP contribution in [0.5, 0.6) is 0 Å². The summed E-state index contributed by atoms with van der Waals surface area (Å²) in [6, 6.07) is 4.14. The van der Waals surface area contributed by atoms with Crippen molar-refractivity contribution in [2.75, 3.05) is 13.1 Å². The Morgan fingerprint density at radius 1 is 1.59 bits per heavy atom. The van der Waals surface area contributed by atoms with Gasteiger partial charge in [-0.3, -0.25) is 4.79 Å². The molecule has 17 heavy (non-hydrogen) atoms. The van der Waals surface area contributed by atoms with Gasteiger partial charge in [0.25, 0.3) is 0 Å². The van der Waals surface area contributed by atoms with Crippen LogP contribution in [0.4, 0.5) is 0 Å². The Balaban J connectivity index is 1.85. The van der Waals surface area contributed by atoms with Gasteiger partial charge in [0.15, 0.2) is 0 Å². The van der Waals surface area contributed by atoms with Crippen molar-refractivity contribution in [2.24, 2.45) is 13.0 Å². The second kappa shape index (κ2) is 5.36. The van der Waals surface area contributed by atoms with Gasteiger partial charge < -0.3 is 15.2 Å². The minimum absolute atomic E-state index is 0.144. The Bertz CT molecular complexity index is 391. The summed E-state index contributed by atoms with van der Waals surface area (Å²) >= 11 is 0. The molecule has 4 heteroatoms. The van der Waals surface area contributed by atoms with Crippen molar-refractivity contribution in [3.05, 3.63) is 23.5 Å². The number of hydrogen-bond acceptors (Lipinski definition) is 2. The Morgan fingerprint density at radius 3 is 3.00 bits per heavy atom. The highest BCUT2D eigenvalue weighted by Crippen LogP contribution is 2.10. The lowest BCUT2D eigenvalue weighted by Gasteiger charge is -2.21. The zero-order chi connectivity index (χ0) is 12.3. The van der Waals surface area contributed by atoms with Gasteiger partial charge in [-0.05, 0) is 38.4 Å². The number of carbonyl (C=O) groups excluding carboxylic acids is 1. The van der Waals surface area contributed by atoms with Gasteiger partial charge in [-0.25, -0.2) is 0 Å². The second-order valence-corrected chi connectivity index (χ2v) is 4.79. The highest BCUT2D eigenvalue weighted by molar-refractivity contribution is 5.78. The van der Waals surface area contributed by atoms with E-state index < -0.39 is 0 Å². The van der Waals surface area contributed by atoms with Gasteiger partial charge in [0.05, 0.1) is 12.5 Å². The molecule has 1 aromatic rings. The first-order valence-corrected chi connectivity index (χ1v) is 6.28. The van der Waals surface area contributed by atoms with Crippen LogP contribution in [0.15, 0.2) is 12.1 Å². The van der Waals surface area contributed by atoms with Crippen LogP contribution >= 0.6 is 0 Å². The normalized spacial score (nSPS) is 20.2. The number of piperidine rings is 1. The predicted octanol–water partition coefficient (Wildman–Crippen LogP) is 0.949. The molecule has 2 rings (SSSR count). The maximum atomic E-state index is 11.9. The molecule has 1 atom stereocenters. The predicted molar refractivity (Wildman–Crippen MR) is 67.6 cm³/mol. The van der Waals surface area contributed by atoms with E-state index in [4.69, 9.17) is 0 Å². The van der Waals surface area contributed by atoms with E-state index >= 15 is 0 Å². The highest BCUT2D eigenvalue weighted by atomic mass is 16.1. The van der Waals surface area contributed by atoms with Gasteiger partial charge in [0.2, 0.25) is 5.91 Å². The van der Waals surface area contributed by atoms with Crippen molar-refractivity contribution in [2.45, 2.75) is 26.3 Å². The minimum Gasteiger partial charge on any atom is -0.350 e. The van der Waals surface area contributed by atoms with Crippen molar-refractivity contribution in [1.29, 1.82) is 0 Å². The van der Waals surface area contributed by atoms with E-state index in [0.717, 1.165) is 31.6 Å². The van der Waals surface area contributed by atoms with Crippen LogP contribution in [0.25, 0.3) is 0 Å². The van der Waals surface area contributed by atoms with E-state index in [-0.39, 0.29) is 11.8 Å². The average molecular weight is 235 g/mol. The van der Waals surface area contributed by atoms with Crippen LogP contribution in [0, 0.1) is 12.8 Å². The molecule has 1 unspecified atom stereocenters. The second-order valence-electron chi connectivity index (χ2n) is 4.79. The summed E-state index contributed by atoms with van der Waals surface area (Å²) in [6.07, 6.45) is 2.10. The van der Waals surface area contributed by atoms with Crippen molar-refractivity contribution >= 4 is 5.91 Å². The van der Waals surface area contributed by atoms with E-state index in [9.17, 15) is 4.79 Å². The molecule has 1 aliphatic rings. The Kier molecular flexibility index (Phi) is 3.84. The Morgan fingerprint density at radius 2 is 2.41 bits per heavy atom. The smallest absolute Gasteiger partial charge is 0.224 e. The number of aryl methyl sites for hydroxylation is 1. The van der Waals surface area contributed by atoms with E-state index in [1.54, 1.807) is 0 Å². The zero-order valence-electron chi connectivity index (χ0n) is 10.6. The topological polar surface area (TPSA) is 46.1 Å². The third kappa shape index (κ3) is 2.88. The van der Waals surface area contributed by atoms with Crippen LogP contribution in [0.2, 0.25) is 0 Å². The minimum atomic E-state index is 0.144. The Hall–Kier alpha value is -1.29. The fraction of sp³-hybridized carbons (Fsp3) is 0.615. The van der Waals surface area contributed by atoms with E-state index in [2.05, 4.69) is 34.3 Å². The summed E-state index contributed by atoms with van der Waals surface area (Å²) in [6.45, 7) is 4.55. The quantitative estimate of drug-likeness (QED) is 0.819. The molecule has 2 N–H and O–H groups in total. The first kappa shape index (κ1) is 12.2. The van der Waals surface area contributed by atoms with Gasteiger partial charge in [0.1, 0.15) is 0 Å². The molecule has 4 nitrogen and oxygen atoms in total. The first-order valence-electron chi connectivity index (χ1n) is 6.28. The molecule has 1 aromatic heterocycles. The summed E-state index contributed by atoms with van der Waals surface area (Å²) in [5, 5.41) is 6.29. The molecule has 0 spiro atoms. The summed E-state index contributed by atoms with van der Waals surface area (Å²) in [5.74, 6) is 0.321. The molecule has 1 amide bonds. The molecular formula is C13H21N3O. The summed E-state index contributed by atoms with van der Waals surface area (Å²) in [5.41, 5.74) is 2.37. The van der Waals surface area contributed by atoms with Gasteiger partial charge >= 0.3 is 0 Å². The maximum Gasteiger partial charge on any atom is 0.224 e. The largest absolute Gasteiger partial charge is 0.350 e. The lowest BCUT2D eigenvalue weighted by Crippen LogP contribution is -2.40. The monoisotopic (exact) mass is 235 g/mol. The lowest BCUT2D eigenvalue weighted by atomic mass is 9.99. The maximum absolute atomic E-state index is 11.9. The van der Waals surface area contributed by atoms with Crippen LogP contribution in [0.1, 0.15) is 24.2 Å². The Labute approximate surface area is 102 Å². The average Bonchev–Trinajstić information content (AvgIpc) is 2.68. The standard InChI is InChI=1S/C13H21N3O/c1-10-5-6-12(16(10)2)9-15-13(17)11-4-3-7-14-8-11/h5-6,11,14H,3-4,7-9H2,1-2H3,(H,15,17). The van der Waals surface area contributed by atoms with Crippen LogP contribution < -0.4 is 10.6 Å². The summed E-state index contributed by atoms with van der Waals surface area (Å²) in [7, 11) is 2.03. The van der Waals surface area contributed by atoms with Crippen LogP contribution in [-0.4, -0.2) is 23.6 Å². The lowest BCUT2D eigenvalue weighted by molar-refractivity contribution is -0.125. The molecule has 1 aliphatic heterocycles. The van der Waals surface area contributed by atoms with Gasteiger partial charge in [-0.2, -0.15) is 0 Å². The van der Waals surface area contributed by atoms with Crippen molar-refractivity contribution < 1.29 is 4.79 Å². The molecule has 0 aliphatic carbocycles. The van der Waals surface area contributed by atoms with E-state index in [0.29, 0.717) is 6.54 Å². The number of aromatic nitrogens is 1. The molecule has 1 fully saturated rings. The number of amides is 1. The van der Waals surface area contributed by atoms with Gasteiger partial charge in [-0.1, -0.05) is 0 Å². The number of hydrogen-bond donors (Lipinski definition) is 2. The highest BCUT2D eigenvalue weighted by Gasteiger charge is 2.20. The molecule has 0 radical (unpaired) electrons. The molecule has 94 valence electrons.